The van der Waals surface area contributed by atoms with Crippen molar-refractivity contribution >= 4 is 11.3 Å². The van der Waals surface area contributed by atoms with Crippen molar-refractivity contribution < 1.29 is 0 Å². The second-order valence-electron chi connectivity index (χ2n) is 3.35. The minimum atomic E-state index is 0.728. The van der Waals surface area contributed by atoms with Crippen molar-refractivity contribution in [2.24, 2.45) is 0 Å². The van der Waals surface area contributed by atoms with Gasteiger partial charge in [-0.05, 0) is 6.54 Å². The van der Waals surface area contributed by atoms with Crippen LogP contribution in [0, 0.1) is 0 Å². The molecule has 1 aliphatic rings. The van der Waals surface area contributed by atoms with E-state index in [0.717, 1.165) is 32.2 Å². The number of hydrogen-bond donors (Lipinski definition) is 1. The summed E-state index contributed by atoms with van der Waals surface area (Å²) in [7, 11) is 0. The first-order valence-corrected chi connectivity index (χ1v) is 5.66. The molecule has 2 heterocycles. The zero-order valence-corrected chi connectivity index (χ0v) is 8.68. The van der Waals surface area contributed by atoms with Crippen LogP contribution < -0.4 is 5.32 Å². The van der Waals surface area contributed by atoms with E-state index >= 15 is 0 Å². The highest BCUT2D eigenvalue weighted by Gasteiger charge is 2.23. The lowest BCUT2D eigenvalue weighted by molar-refractivity contribution is 0.144. The average Bonchev–Trinajstić information content (AvgIpc) is 2.52. The molecule has 0 unspecified atom stereocenters. The Kier molecular flexibility index (Phi) is 2.93. The molecule has 0 amide bonds. The summed E-state index contributed by atoms with van der Waals surface area (Å²) >= 11 is 1.68. The predicted octanol–water partition coefficient (Wildman–Crippen LogP) is 0.937. The minimum absolute atomic E-state index is 0.728. The molecule has 0 saturated carbocycles. The molecule has 2 rings (SSSR count). The summed E-state index contributed by atoms with van der Waals surface area (Å²) in [6, 6.07) is 0.728. The van der Waals surface area contributed by atoms with Crippen LogP contribution in [0.4, 0.5) is 0 Å². The minimum Gasteiger partial charge on any atom is -0.314 e. The normalized spacial score (nSPS) is 17.7. The van der Waals surface area contributed by atoms with Crippen LogP contribution in [0.2, 0.25) is 0 Å². The average molecular weight is 197 g/mol. The summed E-state index contributed by atoms with van der Waals surface area (Å²) in [5, 5.41) is 5.43. The van der Waals surface area contributed by atoms with E-state index in [1.165, 1.54) is 5.69 Å². The quantitative estimate of drug-likeness (QED) is 0.778. The molecule has 4 heteroatoms. The lowest BCUT2D eigenvalue weighted by Crippen LogP contribution is -2.56. The molecule has 72 valence electrons. The van der Waals surface area contributed by atoms with E-state index in [0.29, 0.717) is 0 Å². The molecule has 1 N–H and O–H groups in total. The van der Waals surface area contributed by atoms with Crippen LogP contribution in [0.5, 0.6) is 0 Å². The van der Waals surface area contributed by atoms with Gasteiger partial charge in [-0.15, -0.1) is 11.3 Å². The molecule has 0 aromatic carbocycles. The molecule has 0 radical (unpaired) electrons. The number of nitrogens with zero attached hydrogens (tertiary/aromatic N) is 2. The van der Waals surface area contributed by atoms with Gasteiger partial charge in [0, 0.05) is 31.1 Å². The fourth-order valence-corrected chi connectivity index (χ4v) is 2.10. The molecule has 1 aromatic rings. The Morgan fingerprint density at radius 1 is 1.69 bits per heavy atom. The van der Waals surface area contributed by atoms with Gasteiger partial charge < -0.3 is 5.32 Å². The van der Waals surface area contributed by atoms with Gasteiger partial charge in [0.25, 0.3) is 0 Å². The largest absolute Gasteiger partial charge is 0.314 e. The van der Waals surface area contributed by atoms with Gasteiger partial charge in [-0.2, -0.15) is 0 Å². The molecule has 0 bridgehead atoms. The van der Waals surface area contributed by atoms with Gasteiger partial charge in [-0.25, -0.2) is 4.98 Å². The number of nitrogens with one attached hydrogen (secondary N) is 1. The van der Waals surface area contributed by atoms with Crippen LogP contribution in [0.3, 0.4) is 0 Å². The van der Waals surface area contributed by atoms with Gasteiger partial charge in [-0.3, -0.25) is 4.90 Å². The molecule has 3 nitrogen and oxygen atoms in total. The topological polar surface area (TPSA) is 28.2 Å². The molecule has 1 aliphatic heterocycles. The van der Waals surface area contributed by atoms with Crippen molar-refractivity contribution in [1.29, 1.82) is 0 Å². The number of rotatable bonds is 4. The van der Waals surface area contributed by atoms with Crippen molar-refractivity contribution in [3.63, 3.8) is 0 Å². The molecule has 0 aliphatic carbocycles. The highest BCUT2D eigenvalue weighted by atomic mass is 32.1. The van der Waals surface area contributed by atoms with Gasteiger partial charge >= 0.3 is 0 Å². The predicted molar refractivity (Wildman–Crippen MR) is 54.9 cm³/mol. The number of aromatic nitrogens is 1. The summed E-state index contributed by atoms with van der Waals surface area (Å²) in [6.07, 6.45) is 0. The summed E-state index contributed by atoms with van der Waals surface area (Å²) in [5.41, 5.74) is 3.11. The maximum atomic E-state index is 4.30. The third-order valence-corrected chi connectivity index (χ3v) is 3.17. The van der Waals surface area contributed by atoms with Crippen LogP contribution in [0.15, 0.2) is 10.9 Å². The van der Waals surface area contributed by atoms with Crippen LogP contribution in [-0.4, -0.2) is 35.6 Å². The SMILES string of the molecule is CCN(Cc1cscn1)C1CNC1. The fraction of sp³-hybridized carbons (Fsp3) is 0.667. The Balaban J connectivity index is 1.90. The van der Waals surface area contributed by atoms with E-state index in [2.05, 4.69) is 27.5 Å². The highest BCUT2D eigenvalue weighted by Crippen LogP contribution is 2.10. The number of hydrogen-bond acceptors (Lipinski definition) is 4. The van der Waals surface area contributed by atoms with E-state index in [4.69, 9.17) is 0 Å². The van der Waals surface area contributed by atoms with Crippen molar-refractivity contribution in [2.75, 3.05) is 19.6 Å². The van der Waals surface area contributed by atoms with Crippen molar-refractivity contribution in [3.05, 3.63) is 16.6 Å². The molecule has 1 saturated heterocycles. The smallest absolute Gasteiger partial charge is 0.0795 e. The molecular formula is C9H15N3S. The maximum Gasteiger partial charge on any atom is 0.0795 e. The number of likely N-dealkylation sites (N-methyl/N-ethyl adjacent to an activating group) is 1. The summed E-state index contributed by atoms with van der Waals surface area (Å²) < 4.78 is 0. The third kappa shape index (κ3) is 2.07. The van der Waals surface area contributed by atoms with Crippen LogP contribution in [-0.2, 0) is 6.54 Å². The Morgan fingerprint density at radius 2 is 2.54 bits per heavy atom. The fourth-order valence-electron chi connectivity index (χ4n) is 1.55. The van der Waals surface area contributed by atoms with E-state index in [-0.39, 0.29) is 0 Å². The van der Waals surface area contributed by atoms with Crippen molar-refractivity contribution in [3.8, 4) is 0 Å². The Morgan fingerprint density at radius 3 is 3.00 bits per heavy atom. The van der Waals surface area contributed by atoms with Gasteiger partial charge in [0.2, 0.25) is 0 Å². The van der Waals surface area contributed by atoms with Gasteiger partial charge in [0.05, 0.1) is 11.2 Å². The zero-order chi connectivity index (χ0) is 9.10. The molecule has 0 spiro atoms. The Labute approximate surface area is 82.8 Å². The molecule has 13 heavy (non-hydrogen) atoms. The lowest BCUT2D eigenvalue weighted by Gasteiger charge is -2.37. The van der Waals surface area contributed by atoms with E-state index in [1.54, 1.807) is 11.3 Å². The van der Waals surface area contributed by atoms with Gasteiger partial charge in [0.1, 0.15) is 0 Å². The second-order valence-corrected chi connectivity index (χ2v) is 4.07. The maximum absolute atomic E-state index is 4.30. The molecule has 1 aromatic heterocycles. The van der Waals surface area contributed by atoms with E-state index in [9.17, 15) is 0 Å². The van der Waals surface area contributed by atoms with Gasteiger partial charge in [-0.1, -0.05) is 6.92 Å². The van der Waals surface area contributed by atoms with Gasteiger partial charge in [0.15, 0.2) is 0 Å². The Hall–Kier alpha value is -0.450. The summed E-state index contributed by atoms with van der Waals surface area (Å²) in [4.78, 5) is 6.78. The summed E-state index contributed by atoms with van der Waals surface area (Å²) in [6.45, 7) is 6.61. The third-order valence-electron chi connectivity index (χ3n) is 2.53. The van der Waals surface area contributed by atoms with Crippen LogP contribution in [0.1, 0.15) is 12.6 Å². The first kappa shape index (κ1) is 9.12. The van der Waals surface area contributed by atoms with Crippen LogP contribution >= 0.6 is 11.3 Å². The monoisotopic (exact) mass is 197 g/mol. The van der Waals surface area contributed by atoms with Crippen LogP contribution in [0.25, 0.3) is 0 Å². The molecule has 0 atom stereocenters. The lowest BCUT2D eigenvalue weighted by atomic mass is 10.1. The summed E-state index contributed by atoms with van der Waals surface area (Å²) in [5.74, 6) is 0. The first-order chi connectivity index (χ1) is 6.40. The molecule has 1 fully saturated rings. The van der Waals surface area contributed by atoms with Crippen molar-refractivity contribution in [1.82, 2.24) is 15.2 Å². The van der Waals surface area contributed by atoms with Crippen molar-refractivity contribution in [2.45, 2.75) is 19.5 Å². The zero-order valence-electron chi connectivity index (χ0n) is 7.86. The van der Waals surface area contributed by atoms with E-state index < -0.39 is 0 Å². The second kappa shape index (κ2) is 4.17. The standard InChI is InChI=1S/C9H15N3S/c1-2-12(9-3-10-4-9)5-8-6-13-7-11-8/h6-7,9-10H,2-5H2,1H3. The Bertz CT molecular complexity index is 243. The van der Waals surface area contributed by atoms with E-state index in [1.807, 2.05) is 5.51 Å². The number of thiazole rings is 1. The highest BCUT2D eigenvalue weighted by molar-refractivity contribution is 7.07. The molecular weight excluding hydrogens is 182 g/mol. The first-order valence-electron chi connectivity index (χ1n) is 4.72.